The van der Waals surface area contributed by atoms with Crippen molar-refractivity contribution in [1.82, 2.24) is 4.57 Å². The molecule has 1 aromatic heterocycles. The molecule has 1 amide bonds. The van der Waals surface area contributed by atoms with E-state index in [-0.39, 0.29) is 11.8 Å². The molecule has 5 heteroatoms. The fourth-order valence-electron chi connectivity index (χ4n) is 2.80. The van der Waals surface area contributed by atoms with Gasteiger partial charge >= 0.3 is 0 Å². The molecule has 2 aromatic carbocycles. The zero-order valence-electron chi connectivity index (χ0n) is 13.0. The Hall–Kier alpha value is -1.98. The predicted octanol–water partition coefficient (Wildman–Crippen LogP) is 3.34. The Bertz CT molecular complexity index is 950. The van der Waals surface area contributed by atoms with Crippen molar-refractivity contribution in [3.63, 3.8) is 0 Å². The molecule has 1 fully saturated rings. The highest BCUT2D eigenvalue weighted by atomic mass is 32.1. The van der Waals surface area contributed by atoms with Crippen LogP contribution in [0.3, 0.4) is 0 Å². The molecule has 0 spiro atoms. The van der Waals surface area contributed by atoms with E-state index in [1.54, 1.807) is 18.4 Å². The number of thiazole rings is 1. The number of carbonyl (C=O) groups is 1. The number of methoxy groups -OCH3 is 1. The molecule has 4 nitrogen and oxygen atoms in total. The van der Waals surface area contributed by atoms with Crippen LogP contribution in [0.15, 0.2) is 41.4 Å². The Kier molecular flexibility index (Phi) is 3.75. The maximum atomic E-state index is 12.1. The van der Waals surface area contributed by atoms with Crippen LogP contribution in [0.1, 0.15) is 12.8 Å². The van der Waals surface area contributed by atoms with Crippen molar-refractivity contribution in [2.75, 3.05) is 13.7 Å². The van der Waals surface area contributed by atoms with Crippen LogP contribution in [0, 0.1) is 5.92 Å². The van der Waals surface area contributed by atoms with Crippen LogP contribution < -0.4 is 4.80 Å². The monoisotopic (exact) mass is 326 g/mol. The lowest BCUT2D eigenvalue weighted by molar-refractivity contribution is -0.119. The number of aromatic nitrogens is 1. The topological polar surface area (TPSA) is 43.6 Å². The Morgan fingerprint density at radius 3 is 2.91 bits per heavy atom. The standard InChI is InChI=1S/C18H18N2O2S/c1-22-11-10-20-15-9-8-12-4-2-3-5-14(12)16(15)23-18(20)19-17(21)13-6-7-13/h2-5,8-9,13H,6-7,10-11H2,1H3. The second-order valence-corrected chi connectivity index (χ2v) is 6.87. The molecule has 0 aliphatic heterocycles. The van der Waals surface area contributed by atoms with Crippen LogP contribution in [0.5, 0.6) is 0 Å². The number of fused-ring (bicyclic) bond motifs is 3. The van der Waals surface area contributed by atoms with Gasteiger partial charge in [0.25, 0.3) is 5.91 Å². The highest BCUT2D eigenvalue weighted by Crippen LogP contribution is 2.31. The average molecular weight is 326 g/mol. The first-order valence-electron chi connectivity index (χ1n) is 7.86. The van der Waals surface area contributed by atoms with Crippen molar-refractivity contribution in [3.8, 4) is 0 Å². The Morgan fingerprint density at radius 2 is 2.13 bits per heavy atom. The lowest BCUT2D eigenvalue weighted by Crippen LogP contribution is -2.19. The number of hydrogen-bond acceptors (Lipinski definition) is 3. The Labute approximate surface area is 138 Å². The number of amides is 1. The van der Waals surface area contributed by atoms with Crippen LogP contribution in [0.4, 0.5) is 0 Å². The fraction of sp³-hybridized carbons (Fsp3) is 0.333. The van der Waals surface area contributed by atoms with Crippen LogP contribution >= 0.6 is 11.3 Å². The number of benzene rings is 2. The molecule has 0 bridgehead atoms. The molecular formula is C18H18N2O2S. The molecule has 1 saturated carbocycles. The van der Waals surface area contributed by atoms with Gasteiger partial charge in [-0.25, -0.2) is 0 Å². The number of carbonyl (C=O) groups excluding carboxylic acids is 1. The molecule has 23 heavy (non-hydrogen) atoms. The summed E-state index contributed by atoms with van der Waals surface area (Å²) in [7, 11) is 1.69. The lowest BCUT2D eigenvalue weighted by atomic mass is 10.1. The molecule has 1 aliphatic rings. The van der Waals surface area contributed by atoms with Gasteiger partial charge in [0.1, 0.15) is 0 Å². The maximum Gasteiger partial charge on any atom is 0.251 e. The van der Waals surface area contributed by atoms with E-state index in [0.717, 1.165) is 23.2 Å². The van der Waals surface area contributed by atoms with Gasteiger partial charge in [-0.2, -0.15) is 4.99 Å². The summed E-state index contributed by atoms with van der Waals surface area (Å²) < 4.78 is 8.52. The zero-order valence-corrected chi connectivity index (χ0v) is 13.8. The van der Waals surface area contributed by atoms with Gasteiger partial charge in [-0.05, 0) is 24.3 Å². The van der Waals surface area contributed by atoms with Gasteiger partial charge in [0, 0.05) is 25.0 Å². The van der Waals surface area contributed by atoms with Gasteiger partial charge in [-0.15, -0.1) is 0 Å². The van der Waals surface area contributed by atoms with Crippen molar-refractivity contribution >= 4 is 38.2 Å². The van der Waals surface area contributed by atoms with E-state index < -0.39 is 0 Å². The van der Waals surface area contributed by atoms with Crippen molar-refractivity contribution in [1.29, 1.82) is 0 Å². The van der Waals surface area contributed by atoms with E-state index in [0.29, 0.717) is 13.2 Å². The minimum atomic E-state index is 0.0204. The van der Waals surface area contributed by atoms with E-state index in [1.165, 1.54) is 15.5 Å². The Morgan fingerprint density at radius 1 is 1.30 bits per heavy atom. The highest BCUT2D eigenvalue weighted by molar-refractivity contribution is 7.17. The highest BCUT2D eigenvalue weighted by Gasteiger charge is 2.29. The number of nitrogens with zero attached hydrogens (tertiary/aromatic N) is 2. The second-order valence-electron chi connectivity index (χ2n) is 5.89. The van der Waals surface area contributed by atoms with Gasteiger partial charge in [0.05, 0.1) is 16.8 Å². The first-order valence-corrected chi connectivity index (χ1v) is 8.68. The molecule has 0 unspecified atom stereocenters. The van der Waals surface area contributed by atoms with Crippen LogP contribution in [0.2, 0.25) is 0 Å². The van der Waals surface area contributed by atoms with Gasteiger partial charge in [0.2, 0.25) is 0 Å². The van der Waals surface area contributed by atoms with Gasteiger partial charge in [0.15, 0.2) is 4.80 Å². The first-order chi connectivity index (χ1) is 11.3. The summed E-state index contributed by atoms with van der Waals surface area (Å²) in [6.45, 7) is 1.30. The van der Waals surface area contributed by atoms with Crippen molar-refractivity contribution in [2.45, 2.75) is 19.4 Å². The number of hydrogen-bond donors (Lipinski definition) is 0. The van der Waals surface area contributed by atoms with E-state index in [1.807, 2.05) is 12.1 Å². The third-order valence-corrected chi connectivity index (χ3v) is 5.35. The third-order valence-electron chi connectivity index (χ3n) is 4.23. The summed E-state index contributed by atoms with van der Waals surface area (Å²) in [6, 6.07) is 12.6. The molecule has 1 aliphatic carbocycles. The van der Waals surface area contributed by atoms with Crippen molar-refractivity contribution in [2.24, 2.45) is 10.9 Å². The van der Waals surface area contributed by atoms with Gasteiger partial charge in [-0.3, -0.25) is 4.79 Å². The van der Waals surface area contributed by atoms with Crippen LogP contribution in [-0.2, 0) is 16.1 Å². The Balaban J connectivity index is 1.95. The smallest absolute Gasteiger partial charge is 0.251 e. The quantitative estimate of drug-likeness (QED) is 0.738. The van der Waals surface area contributed by atoms with Gasteiger partial charge in [-0.1, -0.05) is 41.7 Å². The summed E-state index contributed by atoms with van der Waals surface area (Å²) >= 11 is 1.60. The van der Waals surface area contributed by atoms with E-state index in [9.17, 15) is 4.79 Å². The van der Waals surface area contributed by atoms with E-state index in [2.05, 4.69) is 33.8 Å². The van der Waals surface area contributed by atoms with Crippen molar-refractivity contribution < 1.29 is 9.53 Å². The molecule has 0 radical (unpaired) electrons. The molecule has 0 N–H and O–H groups in total. The minimum absolute atomic E-state index is 0.0204. The number of rotatable bonds is 4. The average Bonchev–Trinajstić information content (AvgIpc) is 3.36. The zero-order chi connectivity index (χ0) is 15.8. The molecule has 4 rings (SSSR count). The molecule has 0 saturated heterocycles. The third kappa shape index (κ3) is 2.71. The second kappa shape index (κ2) is 5.91. The van der Waals surface area contributed by atoms with Crippen molar-refractivity contribution in [3.05, 3.63) is 41.2 Å². The lowest BCUT2D eigenvalue weighted by Gasteiger charge is -2.05. The summed E-state index contributed by atoms with van der Waals surface area (Å²) in [4.78, 5) is 17.3. The van der Waals surface area contributed by atoms with Crippen LogP contribution in [-0.4, -0.2) is 24.2 Å². The molecule has 0 atom stereocenters. The van der Waals surface area contributed by atoms with E-state index in [4.69, 9.17) is 4.74 Å². The largest absolute Gasteiger partial charge is 0.383 e. The maximum absolute atomic E-state index is 12.1. The van der Waals surface area contributed by atoms with Gasteiger partial charge < -0.3 is 9.30 Å². The molecular weight excluding hydrogens is 308 g/mol. The summed E-state index contributed by atoms with van der Waals surface area (Å²) in [6.07, 6.45) is 1.96. The molecule has 1 heterocycles. The summed E-state index contributed by atoms with van der Waals surface area (Å²) in [5, 5.41) is 2.42. The summed E-state index contributed by atoms with van der Waals surface area (Å²) in [5.74, 6) is 0.167. The molecule has 118 valence electrons. The first kappa shape index (κ1) is 14.6. The summed E-state index contributed by atoms with van der Waals surface area (Å²) in [5.41, 5.74) is 1.12. The van der Waals surface area contributed by atoms with Crippen LogP contribution in [0.25, 0.3) is 21.0 Å². The number of ether oxygens (including phenoxy) is 1. The normalized spacial score (nSPS) is 15.6. The van der Waals surface area contributed by atoms with E-state index >= 15 is 0 Å². The SMILES string of the molecule is COCCn1c(=NC(=O)C2CC2)sc2c3ccccc3ccc21. The molecule has 3 aromatic rings. The minimum Gasteiger partial charge on any atom is -0.383 e. The fourth-order valence-corrected chi connectivity index (χ4v) is 4.00. The predicted molar refractivity (Wildman–Crippen MR) is 92.5 cm³/mol.